The van der Waals surface area contributed by atoms with Crippen molar-refractivity contribution in [2.75, 3.05) is 0 Å². The molecule has 1 N–H and O–H groups in total. The molecule has 0 amide bonds. The van der Waals surface area contributed by atoms with Crippen molar-refractivity contribution in [3.63, 3.8) is 0 Å². The number of rotatable bonds is 0. The number of allylic oxidation sites excluding steroid dienone is 2. The monoisotopic (exact) mass is 318 g/mol. The highest BCUT2D eigenvalue weighted by atomic mass is 16.6. The quantitative estimate of drug-likeness (QED) is 0.546. The maximum absolute atomic E-state index is 13.0. The number of fused-ring (bicyclic) bond motifs is 3. The largest absolute Gasteiger partial charge is 0.389 e. The predicted octanol–water partition coefficient (Wildman–Crippen LogP) is 3.81. The van der Waals surface area contributed by atoms with Gasteiger partial charge in [-0.2, -0.15) is 0 Å². The van der Waals surface area contributed by atoms with Gasteiger partial charge in [-0.25, -0.2) is 0 Å². The molecule has 0 aromatic heterocycles. The van der Waals surface area contributed by atoms with Gasteiger partial charge < -0.3 is 9.84 Å². The standard InChI is InChI=1S/C20H30O3/c1-12-7-6-10-20(5)18(23-20)17(22)15-9-8-13(2)19(4,14(15)3)11-16(12)21/h7,9,13-14,16,18,21H,6,8,10-11H2,1-5H3/b12-7-/t13-,14-,16+,18+,19+,20+/m1/s1. The zero-order valence-electron chi connectivity index (χ0n) is 15.1. The molecule has 0 spiro atoms. The third-order valence-corrected chi connectivity index (χ3v) is 6.95. The minimum absolute atomic E-state index is 0.0707. The number of carbonyl (C=O) groups is 1. The van der Waals surface area contributed by atoms with Crippen molar-refractivity contribution in [3.05, 3.63) is 23.3 Å². The minimum atomic E-state index is -0.428. The Bertz CT molecular complexity index is 575. The first-order chi connectivity index (χ1) is 10.7. The topological polar surface area (TPSA) is 49.8 Å². The molecule has 128 valence electrons. The number of hydrogen-bond acceptors (Lipinski definition) is 3. The van der Waals surface area contributed by atoms with Crippen LogP contribution in [0.3, 0.4) is 0 Å². The summed E-state index contributed by atoms with van der Waals surface area (Å²) in [5, 5.41) is 10.7. The molecule has 2 bridgehead atoms. The van der Waals surface area contributed by atoms with Crippen LogP contribution in [0.5, 0.6) is 0 Å². The predicted molar refractivity (Wildman–Crippen MR) is 91.0 cm³/mol. The van der Waals surface area contributed by atoms with Crippen molar-refractivity contribution < 1.29 is 14.6 Å². The van der Waals surface area contributed by atoms with Crippen molar-refractivity contribution in [1.82, 2.24) is 0 Å². The Kier molecular flexibility index (Phi) is 4.09. The zero-order valence-corrected chi connectivity index (χ0v) is 15.1. The number of aliphatic hydroxyl groups excluding tert-OH is 1. The molecule has 3 aliphatic rings. The molecule has 0 unspecified atom stereocenters. The maximum Gasteiger partial charge on any atom is 0.190 e. The minimum Gasteiger partial charge on any atom is -0.389 e. The molecule has 1 saturated heterocycles. The fourth-order valence-corrected chi connectivity index (χ4v) is 4.43. The van der Waals surface area contributed by atoms with E-state index in [9.17, 15) is 9.90 Å². The third kappa shape index (κ3) is 2.72. The summed E-state index contributed by atoms with van der Waals surface area (Å²) in [4.78, 5) is 13.0. The maximum atomic E-state index is 13.0. The van der Waals surface area contributed by atoms with E-state index in [1.807, 2.05) is 13.8 Å². The summed E-state index contributed by atoms with van der Waals surface area (Å²) in [5.74, 6) is 0.772. The van der Waals surface area contributed by atoms with E-state index in [1.54, 1.807) is 0 Å². The molecule has 1 fully saturated rings. The molecule has 3 rings (SSSR count). The van der Waals surface area contributed by atoms with Gasteiger partial charge in [0.15, 0.2) is 5.78 Å². The molecular weight excluding hydrogens is 288 g/mol. The summed E-state index contributed by atoms with van der Waals surface area (Å²) in [6.07, 6.45) is 6.86. The van der Waals surface area contributed by atoms with E-state index >= 15 is 0 Å². The molecule has 1 aliphatic heterocycles. The van der Waals surface area contributed by atoms with Gasteiger partial charge in [0.25, 0.3) is 0 Å². The summed E-state index contributed by atoms with van der Waals surface area (Å²) >= 11 is 0. The van der Waals surface area contributed by atoms with Crippen LogP contribution in [0.1, 0.15) is 60.3 Å². The first-order valence-electron chi connectivity index (χ1n) is 8.96. The first-order valence-corrected chi connectivity index (χ1v) is 8.96. The summed E-state index contributed by atoms with van der Waals surface area (Å²) in [5.41, 5.74) is 1.58. The van der Waals surface area contributed by atoms with E-state index in [0.29, 0.717) is 12.3 Å². The van der Waals surface area contributed by atoms with E-state index in [1.165, 1.54) is 0 Å². The van der Waals surface area contributed by atoms with Crippen molar-refractivity contribution >= 4 is 5.78 Å². The van der Waals surface area contributed by atoms with Crippen molar-refractivity contribution in [2.45, 2.75) is 78.1 Å². The lowest BCUT2D eigenvalue weighted by atomic mass is 9.58. The second-order valence-corrected chi connectivity index (χ2v) is 8.41. The van der Waals surface area contributed by atoms with Crippen LogP contribution < -0.4 is 0 Å². The summed E-state index contributed by atoms with van der Waals surface area (Å²) in [7, 11) is 0. The summed E-state index contributed by atoms with van der Waals surface area (Å²) < 4.78 is 5.81. The number of hydrogen-bond donors (Lipinski definition) is 1. The van der Waals surface area contributed by atoms with E-state index in [4.69, 9.17) is 4.74 Å². The van der Waals surface area contributed by atoms with Crippen molar-refractivity contribution in [3.8, 4) is 0 Å². The van der Waals surface area contributed by atoms with Gasteiger partial charge in [0, 0.05) is 0 Å². The van der Waals surface area contributed by atoms with Gasteiger partial charge in [-0.1, -0.05) is 32.9 Å². The highest BCUT2D eigenvalue weighted by Gasteiger charge is 2.58. The highest BCUT2D eigenvalue weighted by Crippen LogP contribution is 2.52. The summed E-state index contributed by atoms with van der Waals surface area (Å²) in [6.45, 7) is 10.7. The molecule has 0 aromatic rings. The summed E-state index contributed by atoms with van der Waals surface area (Å²) in [6, 6.07) is 0. The lowest BCUT2D eigenvalue weighted by Gasteiger charge is -2.46. The van der Waals surface area contributed by atoms with Gasteiger partial charge in [-0.15, -0.1) is 0 Å². The van der Waals surface area contributed by atoms with Crippen molar-refractivity contribution in [1.29, 1.82) is 0 Å². The molecule has 0 saturated carbocycles. The lowest BCUT2D eigenvalue weighted by molar-refractivity contribution is -0.118. The van der Waals surface area contributed by atoms with Crippen LogP contribution in [0.2, 0.25) is 0 Å². The molecule has 0 radical (unpaired) electrons. The molecular formula is C20H30O3. The molecule has 3 nitrogen and oxygen atoms in total. The Balaban J connectivity index is 2.00. The molecule has 3 heteroatoms. The number of aliphatic hydroxyl groups is 1. The number of ether oxygens (including phenoxy) is 1. The van der Waals surface area contributed by atoms with Crippen molar-refractivity contribution in [2.24, 2.45) is 17.3 Å². The second kappa shape index (κ2) is 5.56. The van der Waals surface area contributed by atoms with Gasteiger partial charge in [-0.05, 0) is 67.9 Å². The van der Waals surface area contributed by atoms with E-state index in [-0.39, 0.29) is 28.8 Å². The Hall–Kier alpha value is -0.930. The Morgan fingerprint density at radius 1 is 1.26 bits per heavy atom. The number of Topliss-reactive ketones (excluding diaryl/α,β-unsaturated/α-hetero) is 1. The number of epoxide rings is 1. The van der Waals surface area contributed by atoms with Crippen LogP contribution in [0.4, 0.5) is 0 Å². The fraction of sp³-hybridized carbons (Fsp3) is 0.750. The van der Waals surface area contributed by atoms with Crippen LogP contribution in [-0.4, -0.2) is 28.7 Å². The lowest BCUT2D eigenvalue weighted by Crippen LogP contribution is -2.42. The number of ketones is 1. The van der Waals surface area contributed by atoms with Crippen LogP contribution in [0.25, 0.3) is 0 Å². The first kappa shape index (κ1) is 16.9. The van der Waals surface area contributed by atoms with E-state index in [2.05, 4.69) is 32.9 Å². The van der Waals surface area contributed by atoms with Crippen LogP contribution in [-0.2, 0) is 9.53 Å². The Morgan fingerprint density at radius 3 is 2.65 bits per heavy atom. The zero-order chi connectivity index (χ0) is 17.0. The fourth-order valence-electron chi connectivity index (χ4n) is 4.43. The average molecular weight is 318 g/mol. The Morgan fingerprint density at radius 2 is 1.96 bits per heavy atom. The third-order valence-electron chi connectivity index (χ3n) is 6.95. The number of carbonyl (C=O) groups excluding carboxylic acids is 1. The molecule has 1 heterocycles. The van der Waals surface area contributed by atoms with Crippen LogP contribution in [0, 0.1) is 17.3 Å². The molecule has 2 aliphatic carbocycles. The highest BCUT2D eigenvalue weighted by molar-refractivity contribution is 6.02. The molecule has 0 aromatic carbocycles. The smallest absolute Gasteiger partial charge is 0.190 e. The van der Waals surface area contributed by atoms with Gasteiger partial charge >= 0.3 is 0 Å². The average Bonchev–Trinajstić information content (AvgIpc) is 3.16. The van der Waals surface area contributed by atoms with Gasteiger partial charge in [0.2, 0.25) is 0 Å². The normalized spacial score (nSPS) is 49.9. The van der Waals surface area contributed by atoms with Gasteiger partial charge in [-0.3, -0.25) is 4.79 Å². The van der Waals surface area contributed by atoms with E-state index in [0.717, 1.165) is 30.4 Å². The van der Waals surface area contributed by atoms with Gasteiger partial charge in [0.1, 0.15) is 11.7 Å². The van der Waals surface area contributed by atoms with Crippen LogP contribution in [0.15, 0.2) is 23.3 Å². The van der Waals surface area contributed by atoms with Gasteiger partial charge in [0.05, 0.1) is 6.10 Å². The van der Waals surface area contributed by atoms with E-state index < -0.39 is 6.10 Å². The second-order valence-electron chi connectivity index (χ2n) is 8.41. The SMILES string of the molecule is C/C1=C/CC[C@]2(C)O[C@H]2C(=O)C2=CC[C@@H](C)[C@](C)(C[C@@H]1O)[C@@H]2C. The Labute approximate surface area is 139 Å². The van der Waals surface area contributed by atoms with Crippen LogP contribution >= 0.6 is 0 Å². The molecule has 6 atom stereocenters. The molecule has 23 heavy (non-hydrogen) atoms.